The second-order valence-corrected chi connectivity index (χ2v) is 6.17. The van der Waals surface area contributed by atoms with Gasteiger partial charge in [-0.3, -0.25) is 9.59 Å². The molecule has 0 spiro atoms. The van der Waals surface area contributed by atoms with E-state index in [2.05, 4.69) is 0 Å². The molecule has 0 saturated heterocycles. The van der Waals surface area contributed by atoms with E-state index >= 15 is 0 Å². The van der Waals surface area contributed by atoms with E-state index in [1.165, 1.54) is 30.3 Å². The van der Waals surface area contributed by atoms with Crippen LogP contribution in [0.2, 0.25) is 0 Å². The Morgan fingerprint density at radius 2 is 1.62 bits per heavy atom. The van der Waals surface area contributed by atoms with Gasteiger partial charge in [-0.15, -0.1) is 0 Å². The second kappa shape index (κ2) is 7.60. The lowest BCUT2D eigenvalue weighted by atomic mass is 9.73. The average Bonchev–Trinajstić information content (AvgIpc) is 2.62. The highest BCUT2D eigenvalue weighted by atomic mass is 19.1. The molecule has 0 aliphatic heterocycles. The molecule has 0 heterocycles. The molecule has 5 heteroatoms. The van der Waals surface area contributed by atoms with Crippen LogP contribution in [0.1, 0.15) is 30.4 Å². The summed E-state index contributed by atoms with van der Waals surface area (Å²) in [5.41, 5.74) is 2.12. The molecule has 0 radical (unpaired) electrons. The zero-order valence-corrected chi connectivity index (χ0v) is 14.2. The van der Waals surface area contributed by atoms with E-state index in [4.69, 9.17) is 4.74 Å². The zero-order chi connectivity index (χ0) is 18.7. The number of esters is 1. The standard InChI is InChI=1S/C21H18F2O3/c1-2-26-21(25)20-18(14-5-9-17(23)10-6-14)11-15(12-19(20)24)13-3-7-16(22)8-4-13/h3-10,12,18,20H,2,11H2,1H3/t18-,20+/m0/s1. The van der Waals surface area contributed by atoms with Gasteiger partial charge in [0, 0.05) is 5.92 Å². The first kappa shape index (κ1) is 18.0. The van der Waals surface area contributed by atoms with Gasteiger partial charge in [-0.2, -0.15) is 0 Å². The minimum absolute atomic E-state index is 0.174. The Labute approximate surface area is 150 Å². The normalized spacial score (nSPS) is 19.8. The number of halogens is 2. The lowest BCUT2D eigenvalue weighted by molar-refractivity contribution is -0.151. The Hall–Kier alpha value is -2.82. The number of benzene rings is 2. The van der Waals surface area contributed by atoms with Crippen molar-refractivity contribution in [3.63, 3.8) is 0 Å². The topological polar surface area (TPSA) is 43.4 Å². The van der Waals surface area contributed by atoms with Crippen molar-refractivity contribution in [3.05, 3.63) is 77.4 Å². The van der Waals surface area contributed by atoms with Crippen LogP contribution < -0.4 is 0 Å². The smallest absolute Gasteiger partial charge is 0.317 e. The van der Waals surface area contributed by atoms with Gasteiger partial charge in [-0.25, -0.2) is 8.78 Å². The largest absolute Gasteiger partial charge is 0.465 e. The summed E-state index contributed by atoms with van der Waals surface area (Å²) in [6.07, 6.45) is 1.82. The Morgan fingerprint density at radius 1 is 1.04 bits per heavy atom. The van der Waals surface area contributed by atoms with Gasteiger partial charge in [0.15, 0.2) is 5.78 Å². The molecule has 0 fully saturated rings. The number of ether oxygens (including phenoxy) is 1. The highest BCUT2D eigenvalue weighted by molar-refractivity contribution is 6.10. The maximum absolute atomic E-state index is 13.3. The monoisotopic (exact) mass is 356 g/mol. The summed E-state index contributed by atoms with van der Waals surface area (Å²) in [5, 5.41) is 0. The first-order valence-electron chi connectivity index (χ1n) is 8.42. The Kier molecular flexibility index (Phi) is 5.26. The molecule has 2 atom stereocenters. The summed E-state index contributed by atoms with van der Waals surface area (Å²) in [6, 6.07) is 11.6. The van der Waals surface area contributed by atoms with Crippen LogP contribution in [-0.2, 0) is 14.3 Å². The van der Waals surface area contributed by atoms with Gasteiger partial charge < -0.3 is 4.74 Å². The predicted octanol–water partition coefficient (Wildman–Crippen LogP) is 4.28. The van der Waals surface area contributed by atoms with Gasteiger partial charge in [-0.05, 0) is 60.4 Å². The number of carbonyl (C=O) groups excluding carboxylic acids is 2. The third-order valence-electron chi connectivity index (χ3n) is 4.52. The van der Waals surface area contributed by atoms with E-state index in [1.807, 2.05) is 0 Å². The quantitative estimate of drug-likeness (QED) is 0.606. The maximum atomic E-state index is 13.3. The summed E-state index contributed by atoms with van der Waals surface area (Å²) in [7, 11) is 0. The molecule has 0 bridgehead atoms. The molecule has 0 saturated carbocycles. The molecule has 0 amide bonds. The van der Waals surface area contributed by atoms with Crippen molar-refractivity contribution in [2.75, 3.05) is 6.61 Å². The molecule has 0 aromatic heterocycles. The van der Waals surface area contributed by atoms with Crippen molar-refractivity contribution in [2.45, 2.75) is 19.3 Å². The SMILES string of the molecule is CCOC(=O)[C@H]1C(=O)C=C(c2ccc(F)cc2)C[C@H]1c1ccc(F)cc1. The van der Waals surface area contributed by atoms with Crippen LogP contribution in [0.4, 0.5) is 8.78 Å². The minimum atomic E-state index is -0.968. The van der Waals surface area contributed by atoms with Crippen LogP contribution in [0.25, 0.3) is 5.57 Å². The predicted molar refractivity (Wildman–Crippen MR) is 93.3 cm³/mol. The summed E-state index contributed by atoms with van der Waals surface area (Å²) in [5.74, 6) is -3.13. The average molecular weight is 356 g/mol. The molecule has 134 valence electrons. The summed E-state index contributed by atoms with van der Waals surface area (Å²) < 4.78 is 31.5. The fourth-order valence-electron chi connectivity index (χ4n) is 3.27. The van der Waals surface area contributed by atoms with Crippen molar-refractivity contribution >= 4 is 17.3 Å². The minimum Gasteiger partial charge on any atom is -0.465 e. The van der Waals surface area contributed by atoms with Gasteiger partial charge in [0.2, 0.25) is 0 Å². The second-order valence-electron chi connectivity index (χ2n) is 6.17. The van der Waals surface area contributed by atoms with Gasteiger partial charge in [0.05, 0.1) is 6.61 Å². The first-order chi connectivity index (χ1) is 12.5. The highest BCUT2D eigenvalue weighted by Gasteiger charge is 2.39. The molecule has 0 unspecified atom stereocenters. The fourth-order valence-corrected chi connectivity index (χ4v) is 3.27. The molecule has 1 aliphatic rings. The van der Waals surface area contributed by atoms with Crippen LogP contribution in [0, 0.1) is 17.6 Å². The van der Waals surface area contributed by atoms with Crippen LogP contribution in [0.3, 0.4) is 0 Å². The van der Waals surface area contributed by atoms with E-state index < -0.39 is 23.6 Å². The Morgan fingerprint density at radius 3 is 2.19 bits per heavy atom. The fraction of sp³-hybridized carbons (Fsp3) is 0.238. The number of ketones is 1. The lowest BCUT2D eigenvalue weighted by Gasteiger charge is -2.29. The number of rotatable bonds is 4. The third-order valence-corrected chi connectivity index (χ3v) is 4.52. The molecule has 3 nitrogen and oxygen atoms in total. The van der Waals surface area contributed by atoms with Crippen molar-refractivity contribution in [1.82, 2.24) is 0 Å². The van der Waals surface area contributed by atoms with Crippen molar-refractivity contribution in [2.24, 2.45) is 5.92 Å². The first-order valence-corrected chi connectivity index (χ1v) is 8.42. The van der Waals surface area contributed by atoms with Crippen molar-refractivity contribution in [1.29, 1.82) is 0 Å². The summed E-state index contributed by atoms with van der Waals surface area (Å²) in [4.78, 5) is 25.0. The van der Waals surface area contributed by atoms with E-state index in [1.54, 1.807) is 31.2 Å². The number of carbonyl (C=O) groups is 2. The maximum Gasteiger partial charge on any atom is 0.317 e. The Bertz CT molecular complexity index is 839. The molecule has 1 aliphatic carbocycles. The van der Waals surface area contributed by atoms with Crippen LogP contribution in [0.15, 0.2) is 54.6 Å². The van der Waals surface area contributed by atoms with E-state index in [-0.39, 0.29) is 18.2 Å². The highest BCUT2D eigenvalue weighted by Crippen LogP contribution is 2.40. The summed E-state index contributed by atoms with van der Waals surface area (Å²) >= 11 is 0. The molecular formula is C21H18F2O3. The molecule has 3 rings (SSSR count). The van der Waals surface area contributed by atoms with Gasteiger partial charge in [-0.1, -0.05) is 24.3 Å². The number of allylic oxidation sites excluding steroid dienone is 2. The number of hydrogen-bond acceptors (Lipinski definition) is 3. The van der Waals surface area contributed by atoms with E-state index in [0.717, 1.165) is 0 Å². The summed E-state index contributed by atoms with van der Waals surface area (Å²) in [6.45, 7) is 1.85. The molecule has 2 aromatic rings. The molecular weight excluding hydrogens is 338 g/mol. The lowest BCUT2D eigenvalue weighted by Crippen LogP contribution is -2.34. The van der Waals surface area contributed by atoms with Gasteiger partial charge >= 0.3 is 5.97 Å². The van der Waals surface area contributed by atoms with Crippen molar-refractivity contribution < 1.29 is 23.1 Å². The Balaban J connectivity index is 2.01. The van der Waals surface area contributed by atoms with E-state index in [9.17, 15) is 18.4 Å². The number of hydrogen-bond donors (Lipinski definition) is 0. The molecule has 2 aromatic carbocycles. The van der Waals surface area contributed by atoms with E-state index in [0.29, 0.717) is 23.1 Å². The van der Waals surface area contributed by atoms with Crippen LogP contribution >= 0.6 is 0 Å². The van der Waals surface area contributed by atoms with Gasteiger partial charge in [0.1, 0.15) is 17.6 Å². The zero-order valence-electron chi connectivity index (χ0n) is 14.2. The molecule has 0 N–H and O–H groups in total. The van der Waals surface area contributed by atoms with Crippen molar-refractivity contribution in [3.8, 4) is 0 Å². The van der Waals surface area contributed by atoms with Crippen LogP contribution in [-0.4, -0.2) is 18.4 Å². The van der Waals surface area contributed by atoms with Gasteiger partial charge in [0.25, 0.3) is 0 Å². The molecule has 26 heavy (non-hydrogen) atoms. The third kappa shape index (κ3) is 3.72. The van der Waals surface area contributed by atoms with Crippen LogP contribution in [0.5, 0.6) is 0 Å².